The number of hydrogen-bond acceptors (Lipinski definition) is 2. The van der Waals surface area contributed by atoms with Gasteiger partial charge in [0.05, 0.1) is 0 Å². The van der Waals surface area contributed by atoms with Crippen molar-refractivity contribution in [2.24, 2.45) is 0 Å². The van der Waals surface area contributed by atoms with Crippen LogP contribution in [-0.4, -0.2) is 21.5 Å². The van der Waals surface area contributed by atoms with Gasteiger partial charge in [0.2, 0.25) is 0 Å². The van der Waals surface area contributed by atoms with E-state index in [4.69, 9.17) is 12.2 Å². The quantitative estimate of drug-likeness (QED) is 0.871. The van der Waals surface area contributed by atoms with Crippen molar-refractivity contribution in [1.82, 2.24) is 9.88 Å². The molecule has 0 fully saturated rings. The van der Waals surface area contributed by atoms with Gasteiger partial charge in [-0.25, -0.2) is 4.39 Å². The van der Waals surface area contributed by atoms with Crippen LogP contribution >= 0.6 is 12.2 Å². The van der Waals surface area contributed by atoms with Crippen molar-refractivity contribution >= 4 is 23.0 Å². The highest BCUT2D eigenvalue weighted by Gasteiger charge is 2.09. The largest absolute Gasteiger partial charge is 0.345 e. The Bertz CT molecular complexity index is 616. The second-order valence-electron chi connectivity index (χ2n) is 4.76. The van der Waals surface area contributed by atoms with E-state index in [2.05, 4.69) is 10.3 Å². The zero-order valence-electron chi connectivity index (χ0n) is 12.1. The lowest BCUT2D eigenvalue weighted by atomic mass is 10.2. The molecular formula is C16H18FN3S. The Kier molecular flexibility index (Phi) is 5.22. The van der Waals surface area contributed by atoms with Crippen LogP contribution in [-0.2, 0) is 6.54 Å². The SMILES string of the molecule is CCN(Cc1ccncc1)C(=S)Nc1ccc(C)c(F)c1. The Labute approximate surface area is 129 Å². The maximum atomic E-state index is 13.6. The van der Waals surface area contributed by atoms with Crippen LogP contribution in [0, 0.1) is 12.7 Å². The van der Waals surface area contributed by atoms with E-state index in [1.807, 2.05) is 30.0 Å². The first kappa shape index (κ1) is 15.4. The first-order chi connectivity index (χ1) is 10.1. The van der Waals surface area contributed by atoms with Crippen molar-refractivity contribution in [1.29, 1.82) is 0 Å². The van der Waals surface area contributed by atoms with E-state index in [1.54, 1.807) is 25.4 Å². The number of pyridine rings is 1. The second-order valence-corrected chi connectivity index (χ2v) is 5.15. The minimum Gasteiger partial charge on any atom is -0.345 e. The van der Waals surface area contributed by atoms with Crippen molar-refractivity contribution in [2.45, 2.75) is 20.4 Å². The molecule has 1 aromatic heterocycles. The summed E-state index contributed by atoms with van der Waals surface area (Å²) < 4.78 is 13.6. The summed E-state index contributed by atoms with van der Waals surface area (Å²) in [6, 6.07) is 8.93. The summed E-state index contributed by atoms with van der Waals surface area (Å²) in [7, 11) is 0. The summed E-state index contributed by atoms with van der Waals surface area (Å²) in [5.74, 6) is -0.236. The molecular weight excluding hydrogens is 285 g/mol. The van der Waals surface area contributed by atoms with E-state index in [-0.39, 0.29) is 5.82 Å². The monoisotopic (exact) mass is 303 g/mol. The molecule has 0 radical (unpaired) electrons. The van der Waals surface area contributed by atoms with Crippen LogP contribution < -0.4 is 5.32 Å². The number of nitrogens with zero attached hydrogens (tertiary/aromatic N) is 2. The number of aromatic nitrogens is 1. The third-order valence-corrected chi connectivity index (χ3v) is 3.58. The van der Waals surface area contributed by atoms with Gasteiger partial charge < -0.3 is 10.2 Å². The molecule has 5 heteroatoms. The Morgan fingerprint density at radius 1 is 1.29 bits per heavy atom. The van der Waals surface area contributed by atoms with Crippen LogP contribution in [0.1, 0.15) is 18.1 Å². The Morgan fingerprint density at radius 2 is 2.00 bits per heavy atom. The van der Waals surface area contributed by atoms with Crippen molar-refractivity contribution in [2.75, 3.05) is 11.9 Å². The molecule has 0 bridgehead atoms. The number of rotatable bonds is 4. The predicted molar refractivity (Wildman–Crippen MR) is 87.7 cm³/mol. The molecule has 1 N–H and O–H groups in total. The fourth-order valence-electron chi connectivity index (χ4n) is 1.91. The molecule has 0 saturated heterocycles. The summed E-state index contributed by atoms with van der Waals surface area (Å²) in [6.07, 6.45) is 3.52. The van der Waals surface area contributed by atoms with Crippen LogP contribution in [0.15, 0.2) is 42.7 Å². The molecule has 1 heterocycles. The van der Waals surface area contributed by atoms with E-state index in [1.165, 1.54) is 6.07 Å². The van der Waals surface area contributed by atoms with Gasteiger partial charge in [-0.2, -0.15) is 0 Å². The number of anilines is 1. The molecule has 0 aliphatic heterocycles. The maximum Gasteiger partial charge on any atom is 0.173 e. The van der Waals surface area contributed by atoms with Gasteiger partial charge in [0.1, 0.15) is 5.82 Å². The lowest BCUT2D eigenvalue weighted by Gasteiger charge is -2.24. The molecule has 0 aliphatic rings. The molecule has 0 spiro atoms. The number of aryl methyl sites for hydroxylation is 1. The molecule has 0 aliphatic carbocycles. The Balaban J connectivity index is 2.04. The van der Waals surface area contributed by atoms with E-state index in [0.717, 1.165) is 12.1 Å². The normalized spacial score (nSPS) is 10.2. The molecule has 110 valence electrons. The number of nitrogens with one attached hydrogen (secondary N) is 1. The molecule has 3 nitrogen and oxygen atoms in total. The smallest absolute Gasteiger partial charge is 0.173 e. The van der Waals surface area contributed by atoms with Crippen LogP contribution in [0.3, 0.4) is 0 Å². The molecule has 2 aromatic rings. The molecule has 21 heavy (non-hydrogen) atoms. The zero-order valence-corrected chi connectivity index (χ0v) is 13.0. The zero-order chi connectivity index (χ0) is 15.2. The Morgan fingerprint density at radius 3 is 2.62 bits per heavy atom. The maximum absolute atomic E-state index is 13.6. The predicted octanol–water partition coefficient (Wildman–Crippen LogP) is 3.75. The topological polar surface area (TPSA) is 28.2 Å². The van der Waals surface area contributed by atoms with E-state index < -0.39 is 0 Å². The van der Waals surface area contributed by atoms with Gasteiger partial charge in [0.15, 0.2) is 5.11 Å². The summed E-state index contributed by atoms with van der Waals surface area (Å²) in [5, 5.41) is 3.66. The molecule has 2 rings (SSSR count). The fourth-order valence-corrected chi connectivity index (χ4v) is 2.22. The standard InChI is InChI=1S/C16H18FN3S/c1-3-20(11-13-6-8-18-9-7-13)16(21)19-14-5-4-12(2)15(17)10-14/h4-10H,3,11H2,1-2H3,(H,19,21). The number of thiocarbonyl (C=S) groups is 1. The van der Waals surface area contributed by atoms with Gasteiger partial charge in [-0.15, -0.1) is 0 Å². The molecule has 1 aromatic carbocycles. The summed E-state index contributed by atoms with van der Waals surface area (Å²) >= 11 is 5.41. The lowest BCUT2D eigenvalue weighted by molar-refractivity contribution is 0.442. The van der Waals surface area contributed by atoms with E-state index >= 15 is 0 Å². The molecule has 0 atom stereocenters. The lowest BCUT2D eigenvalue weighted by Crippen LogP contribution is -2.34. The number of hydrogen-bond donors (Lipinski definition) is 1. The molecule has 0 amide bonds. The number of benzene rings is 1. The first-order valence-corrected chi connectivity index (χ1v) is 7.22. The van der Waals surface area contributed by atoms with Gasteiger partial charge in [0, 0.05) is 31.2 Å². The average Bonchev–Trinajstić information content (AvgIpc) is 2.49. The number of halogens is 1. The summed E-state index contributed by atoms with van der Waals surface area (Å²) in [4.78, 5) is 6.02. The molecule has 0 saturated carbocycles. The highest BCUT2D eigenvalue weighted by Crippen LogP contribution is 2.15. The third kappa shape index (κ3) is 4.23. The van der Waals surface area contributed by atoms with Gasteiger partial charge in [-0.1, -0.05) is 6.07 Å². The first-order valence-electron chi connectivity index (χ1n) is 6.81. The van der Waals surface area contributed by atoms with Crippen LogP contribution in [0.25, 0.3) is 0 Å². The van der Waals surface area contributed by atoms with Gasteiger partial charge in [-0.3, -0.25) is 4.98 Å². The van der Waals surface area contributed by atoms with E-state index in [9.17, 15) is 4.39 Å². The van der Waals surface area contributed by atoms with Gasteiger partial charge >= 0.3 is 0 Å². The van der Waals surface area contributed by atoms with Gasteiger partial charge in [0.25, 0.3) is 0 Å². The van der Waals surface area contributed by atoms with Crippen molar-refractivity contribution < 1.29 is 4.39 Å². The summed E-state index contributed by atoms with van der Waals surface area (Å²) in [6.45, 7) is 5.23. The third-order valence-electron chi connectivity index (χ3n) is 3.21. The Hall–Kier alpha value is -2.01. The highest BCUT2D eigenvalue weighted by atomic mass is 32.1. The van der Waals surface area contributed by atoms with Crippen molar-refractivity contribution in [3.05, 3.63) is 59.7 Å². The summed E-state index contributed by atoms with van der Waals surface area (Å²) in [5.41, 5.74) is 2.41. The fraction of sp³-hybridized carbons (Fsp3) is 0.250. The van der Waals surface area contributed by atoms with Crippen LogP contribution in [0.2, 0.25) is 0 Å². The van der Waals surface area contributed by atoms with Gasteiger partial charge in [-0.05, 0) is 61.5 Å². The van der Waals surface area contributed by atoms with E-state index in [0.29, 0.717) is 22.9 Å². The molecule has 0 unspecified atom stereocenters. The highest BCUT2D eigenvalue weighted by molar-refractivity contribution is 7.80. The van der Waals surface area contributed by atoms with Crippen LogP contribution in [0.5, 0.6) is 0 Å². The van der Waals surface area contributed by atoms with Crippen molar-refractivity contribution in [3.63, 3.8) is 0 Å². The average molecular weight is 303 g/mol. The second kappa shape index (κ2) is 7.13. The van der Waals surface area contributed by atoms with Crippen LogP contribution in [0.4, 0.5) is 10.1 Å². The van der Waals surface area contributed by atoms with Crippen molar-refractivity contribution in [3.8, 4) is 0 Å². The minimum atomic E-state index is -0.236. The minimum absolute atomic E-state index is 0.236.